The van der Waals surface area contributed by atoms with Crippen LogP contribution in [0.4, 0.5) is 0 Å². The Morgan fingerprint density at radius 3 is 2.29 bits per heavy atom. The van der Waals surface area contributed by atoms with Crippen molar-refractivity contribution in [1.29, 1.82) is 0 Å². The normalized spacial score (nSPS) is 11.5. The summed E-state index contributed by atoms with van der Waals surface area (Å²) in [6, 6.07) is 18.8. The van der Waals surface area contributed by atoms with E-state index in [4.69, 9.17) is 0 Å². The minimum atomic E-state index is 1.11. The number of benzene rings is 2. The maximum absolute atomic E-state index is 3.60. The first-order valence-electron chi connectivity index (χ1n) is 5.40. The molecular formula is C15H13BrS. The maximum atomic E-state index is 3.60. The molecule has 2 heteroatoms. The molecular weight excluding hydrogens is 292 g/mol. The van der Waals surface area contributed by atoms with Crippen LogP contribution in [0, 0.1) is 6.92 Å². The zero-order valence-corrected chi connectivity index (χ0v) is 12.0. The van der Waals surface area contributed by atoms with Crippen LogP contribution in [0.15, 0.2) is 64.9 Å². The van der Waals surface area contributed by atoms with E-state index in [0.29, 0.717) is 0 Å². The first-order chi connectivity index (χ1) is 8.25. The van der Waals surface area contributed by atoms with E-state index < -0.39 is 0 Å². The molecule has 0 unspecified atom stereocenters. The molecule has 0 aromatic heterocycles. The second-order valence-electron chi connectivity index (χ2n) is 3.76. The van der Waals surface area contributed by atoms with E-state index in [-0.39, 0.29) is 0 Å². The van der Waals surface area contributed by atoms with Crippen LogP contribution >= 0.6 is 27.7 Å². The summed E-state index contributed by atoms with van der Waals surface area (Å²) in [5, 5.41) is 2.12. The first-order valence-corrected chi connectivity index (χ1v) is 7.07. The summed E-state index contributed by atoms with van der Waals surface area (Å²) < 4.78 is 1.11. The molecule has 0 atom stereocenters. The van der Waals surface area contributed by atoms with Gasteiger partial charge in [-0.15, -0.1) is 0 Å². The van der Waals surface area contributed by atoms with Crippen LogP contribution in [0.1, 0.15) is 11.1 Å². The van der Waals surface area contributed by atoms with Crippen LogP contribution in [0.25, 0.3) is 4.48 Å². The summed E-state index contributed by atoms with van der Waals surface area (Å²) in [6.07, 6.45) is 0. The van der Waals surface area contributed by atoms with Crippen molar-refractivity contribution in [1.82, 2.24) is 0 Å². The van der Waals surface area contributed by atoms with Gasteiger partial charge in [-0.2, -0.15) is 0 Å². The molecule has 0 saturated heterocycles. The van der Waals surface area contributed by atoms with Crippen molar-refractivity contribution in [3.63, 3.8) is 0 Å². The molecule has 0 N–H and O–H groups in total. The van der Waals surface area contributed by atoms with Gasteiger partial charge in [-0.1, -0.05) is 59.8 Å². The van der Waals surface area contributed by atoms with Crippen molar-refractivity contribution >= 4 is 32.2 Å². The third-order valence-electron chi connectivity index (χ3n) is 2.37. The monoisotopic (exact) mass is 304 g/mol. The van der Waals surface area contributed by atoms with E-state index in [0.717, 1.165) is 4.48 Å². The van der Waals surface area contributed by atoms with Crippen LogP contribution in [0.3, 0.4) is 0 Å². The molecule has 0 radical (unpaired) electrons. The van der Waals surface area contributed by atoms with Crippen LogP contribution in [0.2, 0.25) is 0 Å². The van der Waals surface area contributed by atoms with Gasteiger partial charge in [-0.05, 0) is 46.0 Å². The van der Waals surface area contributed by atoms with Crippen LogP contribution < -0.4 is 0 Å². The van der Waals surface area contributed by atoms with Gasteiger partial charge in [-0.25, -0.2) is 0 Å². The van der Waals surface area contributed by atoms with E-state index >= 15 is 0 Å². The molecule has 0 aliphatic carbocycles. The highest BCUT2D eigenvalue weighted by molar-refractivity contribution is 9.15. The predicted molar refractivity (Wildman–Crippen MR) is 80.4 cm³/mol. The smallest absolute Gasteiger partial charge is 0.0314 e. The molecule has 2 aromatic rings. The first kappa shape index (κ1) is 12.5. The standard InChI is InChI=1S/C15H13BrS/c1-12-7-9-14(10-8-12)17-11-15(16)13-5-3-2-4-6-13/h2-11H,1H3/b15-11+. The molecule has 0 amide bonds. The molecule has 0 saturated carbocycles. The van der Waals surface area contributed by atoms with Crippen molar-refractivity contribution in [3.8, 4) is 0 Å². The fourth-order valence-electron chi connectivity index (χ4n) is 1.40. The van der Waals surface area contributed by atoms with E-state index in [9.17, 15) is 0 Å². The largest absolute Gasteiger partial charge is 0.0969 e. The van der Waals surface area contributed by atoms with Crippen molar-refractivity contribution in [2.75, 3.05) is 0 Å². The summed E-state index contributed by atoms with van der Waals surface area (Å²) in [6.45, 7) is 2.10. The molecule has 0 aliphatic rings. The Balaban J connectivity index is 2.08. The second kappa shape index (κ2) is 6.08. The Hall–Kier alpha value is -0.990. The summed E-state index contributed by atoms with van der Waals surface area (Å²) in [5.41, 5.74) is 2.49. The molecule has 17 heavy (non-hydrogen) atoms. The maximum Gasteiger partial charge on any atom is 0.0314 e. The lowest BCUT2D eigenvalue weighted by atomic mass is 10.2. The minimum Gasteiger partial charge on any atom is -0.0969 e. The molecule has 0 fully saturated rings. The van der Waals surface area contributed by atoms with E-state index in [1.807, 2.05) is 18.2 Å². The van der Waals surface area contributed by atoms with Gasteiger partial charge in [0.05, 0.1) is 0 Å². The number of hydrogen-bond donors (Lipinski definition) is 0. The third-order valence-corrected chi connectivity index (χ3v) is 4.26. The van der Waals surface area contributed by atoms with E-state index in [1.165, 1.54) is 16.0 Å². The lowest BCUT2D eigenvalue weighted by Gasteiger charge is -2.00. The lowest BCUT2D eigenvalue weighted by Crippen LogP contribution is -1.74. The Morgan fingerprint density at radius 2 is 1.65 bits per heavy atom. The highest BCUT2D eigenvalue weighted by Gasteiger charge is 1.96. The Kier molecular flexibility index (Phi) is 4.46. The Bertz CT molecular complexity index is 500. The van der Waals surface area contributed by atoms with Gasteiger partial charge in [0.1, 0.15) is 0 Å². The average molecular weight is 305 g/mol. The van der Waals surface area contributed by atoms with Gasteiger partial charge >= 0.3 is 0 Å². The molecule has 0 spiro atoms. The SMILES string of the molecule is Cc1ccc(S/C=C(/Br)c2ccccc2)cc1. The van der Waals surface area contributed by atoms with Crippen molar-refractivity contribution in [3.05, 3.63) is 71.1 Å². The number of aryl methyl sites for hydroxylation is 1. The quantitative estimate of drug-likeness (QED) is 0.677. The molecule has 86 valence electrons. The Morgan fingerprint density at radius 1 is 1.00 bits per heavy atom. The molecule has 0 aliphatic heterocycles. The molecule has 2 aromatic carbocycles. The molecule has 0 nitrogen and oxygen atoms in total. The topological polar surface area (TPSA) is 0 Å². The van der Waals surface area contributed by atoms with Crippen LogP contribution in [-0.2, 0) is 0 Å². The minimum absolute atomic E-state index is 1.11. The summed E-state index contributed by atoms with van der Waals surface area (Å²) in [5.74, 6) is 0. The number of rotatable bonds is 3. The molecule has 0 bridgehead atoms. The van der Waals surface area contributed by atoms with E-state index in [2.05, 4.69) is 64.7 Å². The fraction of sp³-hybridized carbons (Fsp3) is 0.0667. The van der Waals surface area contributed by atoms with Gasteiger partial charge in [0.15, 0.2) is 0 Å². The average Bonchev–Trinajstić information content (AvgIpc) is 2.39. The zero-order chi connectivity index (χ0) is 12.1. The third kappa shape index (κ3) is 3.76. The van der Waals surface area contributed by atoms with E-state index in [1.54, 1.807) is 11.8 Å². The number of thioether (sulfide) groups is 1. The highest BCUT2D eigenvalue weighted by Crippen LogP contribution is 2.28. The number of halogens is 1. The lowest BCUT2D eigenvalue weighted by molar-refractivity contribution is 1.38. The Labute approximate surface area is 115 Å². The second-order valence-corrected chi connectivity index (χ2v) is 5.56. The summed E-state index contributed by atoms with van der Waals surface area (Å²) >= 11 is 5.32. The summed E-state index contributed by atoms with van der Waals surface area (Å²) in [7, 11) is 0. The fourth-order valence-corrected chi connectivity index (χ4v) is 2.62. The summed E-state index contributed by atoms with van der Waals surface area (Å²) in [4.78, 5) is 1.25. The molecule has 0 heterocycles. The highest BCUT2D eigenvalue weighted by atomic mass is 79.9. The van der Waals surface area contributed by atoms with Gasteiger partial charge in [0.2, 0.25) is 0 Å². The molecule has 2 rings (SSSR count). The van der Waals surface area contributed by atoms with Crippen molar-refractivity contribution in [2.45, 2.75) is 11.8 Å². The van der Waals surface area contributed by atoms with Crippen LogP contribution in [0.5, 0.6) is 0 Å². The van der Waals surface area contributed by atoms with Gasteiger partial charge < -0.3 is 0 Å². The van der Waals surface area contributed by atoms with Gasteiger partial charge in [0, 0.05) is 9.38 Å². The van der Waals surface area contributed by atoms with Crippen molar-refractivity contribution in [2.24, 2.45) is 0 Å². The van der Waals surface area contributed by atoms with Crippen molar-refractivity contribution < 1.29 is 0 Å². The van der Waals surface area contributed by atoms with Gasteiger partial charge in [-0.3, -0.25) is 0 Å². The zero-order valence-electron chi connectivity index (χ0n) is 9.56. The van der Waals surface area contributed by atoms with Gasteiger partial charge in [0.25, 0.3) is 0 Å². The van der Waals surface area contributed by atoms with Crippen LogP contribution in [-0.4, -0.2) is 0 Å². The predicted octanol–water partition coefficient (Wildman–Crippen LogP) is 5.48. The number of hydrogen-bond acceptors (Lipinski definition) is 1.